The number of hydroxylamine groups is 2. The minimum absolute atomic E-state index is 0.178. The van der Waals surface area contributed by atoms with Crippen LogP contribution < -0.4 is 10.8 Å². The second kappa shape index (κ2) is 2.92. The van der Waals surface area contributed by atoms with E-state index in [4.69, 9.17) is 10.8 Å². The number of aliphatic hydroxyl groups excluding tert-OH is 1. The quantitative estimate of drug-likeness (QED) is 0.264. The monoisotopic (exact) mass is 106 g/mol. The van der Waals surface area contributed by atoms with E-state index in [2.05, 4.69) is 0 Å². The van der Waals surface area contributed by atoms with E-state index >= 15 is 0 Å². The Kier molecular flexibility index (Phi) is 2.86. The zero-order valence-electron chi connectivity index (χ0n) is 4.22. The van der Waals surface area contributed by atoms with Crippen LogP contribution in [0.5, 0.6) is 0 Å². The van der Waals surface area contributed by atoms with E-state index in [1.807, 2.05) is 0 Å². The molecule has 4 nitrogen and oxygen atoms in total. The number of nitrogens with one attached hydrogen (secondary N) is 1. The van der Waals surface area contributed by atoms with Crippen molar-refractivity contribution in [1.82, 2.24) is 0 Å². The molecular weight excluding hydrogens is 96.0 g/mol. The van der Waals surface area contributed by atoms with Crippen LogP contribution in [0.25, 0.3) is 0 Å². The number of quaternary nitrogens is 1. The molecule has 0 heterocycles. The zero-order chi connectivity index (χ0) is 5.86. The molecule has 0 aliphatic rings. The number of nitrogens with two attached hydrogens (primary N) is 1. The van der Waals surface area contributed by atoms with Crippen LogP contribution >= 0.6 is 0 Å². The molecular formula is C3H10N2O2. The summed E-state index contributed by atoms with van der Waals surface area (Å²) in [5.74, 6) is 0. The molecule has 0 saturated heterocycles. The third-order valence-electron chi connectivity index (χ3n) is 0.719. The highest BCUT2D eigenvalue weighted by Gasteiger charge is 1.99. The maximum Gasteiger partial charge on any atom is 0.162 e. The maximum atomic E-state index is 10.1. The molecule has 0 bridgehead atoms. The Hall–Kier alpha value is -0.160. The van der Waals surface area contributed by atoms with Gasteiger partial charge in [-0.2, -0.15) is 0 Å². The number of likely N-dealkylation sites (N-methyl/N-ethyl adjacent to an activating group) is 1. The Morgan fingerprint density at radius 3 is 2.43 bits per heavy atom. The molecule has 4 heteroatoms. The highest BCUT2D eigenvalue weighted by atomic mass is 16.5. The van der Waals surface area contributed by atoms with Gasteiger partial charge in [0.2, 0.25) is 0 Å². The van der Waals surface area contributed by atoms with E-state index in [-0.39, 0.29) is 11.7 Å². The molecule has 0 aliphatic carbocycles. The number of hydrogen-bond donors (Lipinski definition) is 3. The van der Waals surface area contributed by atoms with Gasteiger partial charge in [0.25, 0.3) is 0 Å². The van der Waals surface area contributed by atoms with Gasteiger partial charge in [0, 0.05) is 0 Å². The SMILES string of the molecule is C[NH+]([O-])C(N)CO. The molecule has 0 fully saturated rings. The van der Waals surface area contributed by atoms with Crippen molar-refractivity contribution >= 4 is 0 Å². The molecule has 0 amide bonds. The number of rotatable bonds is 2. The maximum absolute atomic E-state index is 10.1. The summed E-state index contributed by atoms with van der Waals surface area (Å²) >= 11 is 0. The van der Waals surface area contributed by atoms with E-state index in [0.717, 1.165) is 0 Å². The number of aliphatic hydroxyl groups is 1. The summed E-state index contributed by atoms with van der Waals surface area (Å²) in [4.78, 5) is 0. The second-order valence-electron chi connectivity index (χ2n) is 1.40. The van der Waals surface area contributed by atoms with Crippen molar-refractivity contribution in [3.8, 4) is 0 Å². The van der Waals surface area contributed by atoms with Gasteiger partial charge in [-0.1, -0.05) is 0 Å². The number of hydrogen-bond acceptors (Lipinski definition) is 3. The molecule has 0 saturated carbocycles. The van der Waals surface area contributed by atoms with Crippen LogP contribution in [-0.4, -0.2) is 24.9 Å². The van der Waals surface area contributed by atoms with Gasteiger partial charge in [-0.15, -0.1) is 0 Å². The minimum Gasteiger partial charge on any atom is -0.633 e. The molecule has 7 heavy (non-hydrogen) atoms. The Morgan fingerprint density at radius 2 is 2.43 bits per heavy atom. The summed E-state index contributed by atoms with van der Waals surface area (Å²) in [7, 11) is 1.35. The fourth-order valence-electron chi connectivity index (χ4n) is 0.129. The van der Waals surface area contributed by atoms with Crippen molar-refractivity contribution in [2.75, 3.05) is 13.7 Å². The normalized spacial score (nSPS) is 18.9. The van der Waals surface area contributed by atoms with E-state index in [1.165, 1.54) is 7.05 Å². The summed E-state index contributed by atoms with van der Waals surface area (Å²) in [5, 5.41) is 18.1. The van der Waals surface area contributed by atoms with Crippen LogP contribution in [0.3, 0.4) is 0 Å². The average Bonchev–Trinajstić information content (AvgIpc) is 1.65. The highest BCUT2D eigenvalue weighted by Crippen LogP contribution is 1.51. The first-order chi connectivity index (χ1) is 3.18. The van der Waals surface area contributed by atoms with Gasteiger partial charge in [0.1, 0.15) is 6.61 Å². The Bertz CT molecular complexity index is 48.2. The smallest absolute Gasteiger partial charge is 0.162 e. The van der Waals surface area contributed by atoms with Crippen molar-refractivity contribution in [2.24, 2.45) is 5.73 Å². The van der Waals surface area contributed by atoms with Crippen LogP contribution in [0.4, 0.5) is 0 Å². The van der Waals surface area contributed by atoms with Crippen molar-refractivity contribution in [2.45, 2.75) is 6.17 Å². The Balaban J connectivity index is 3.14. The predicted octanol–water partition coefficient (Wildman–Crippen LogP) is -2.72. The van der Waals surface area contributed by atoms with Gasteiger partial charge in [-0.3, -0.25) is 5.73 Å². The molecule has 2 unspecified atom stereocenters. The third-order valence-corrected chi connectivity index (χ3v) is 0.719. The fraction of sp³-hybridized carbons (Fsp3) is 1.00. The van der Waals surface area contributed by atoms with Crippen LogP contribution in [0.1, 0.15) is 0 Å². The molecule has 0 radical (unpaired) electrons. The predicted molar refractivity (Wildman–Crippen MR) is 25.3 cm³/mol. The van der Waals surface area contributed by atoms with Crippen molar-refractivity contribution < 1.29 is 10.2 Å². The van der Waals surface area contributed by atoms with Crippen LogP contribution in [0, 0.1) is 5.21 Å². The fourth-order valence-corrected chi connectivity index (χ4v) is 0.129. The largest absolute Gasteiger partial charge is 0.633 e. The molecule has 0 aromatic carbocycles. The topological polar surface area (TPSA) is 73.8 Å². The standard InChI is InChI=1S/C3H10N2O2/c1-5(7)3(4)2-6/h3,5-6H,2,4H2,1H3. The molecule has 0 spiro atoms. The molecule has 0 aromatic rings. The van der Waals surface area contributed by atoms with Gasteiger partial charge in [-0.25, -0.2) is 0 Å². The van der Waals surface area contributed by atoms with Gasteiger partial charge in [-0.05, 0) is 0 Å². The molecule has 4 N–H and O–H groups in total. The van der Waals surface area contributed by atoms with Crippen molar-refractivity contribution in [3.05, 3.63) is 5.21 Å². The summed E-state index contributed by atoms with van der Waals surface area (Å²) in [5.41, 5.74) is 5.02. The molecule has 0 aliphatic heterocycles. The van der Waals surface area contributed by atoms with Gasteiger partial charge >= 0.3 is 0 Å². The van der Waals surface area contributed by atoms with E-state index in [9.17, 15) is 5.21 Å². The molecule has 44 valence electrons. The van der Waals surface area contributed by atoms with E-state index in [0.29, 0.717) is 0 Å². The molecule has 0 rings (SSSR count). The molecule has 2 atom stereocenters. The first-order valence-electron chi connectivity index (χ1n) is 2.05. The average molecular weight is 106 g/mol. The summed E-state index contributed by atoms with van der Waals surface area (Å²) < 4.78 is 0. The van der Waals surface area contributed by atoms with Gasteiger partial charge in [0.05, 0.1) is 7.05 Å². The Labute approximate surface area is 42.1 Å². The van der Waals surface area contributed by atoms with Crippen LogP contribution in [0.2, 0.25) is 0 Å². The third kappa shape index (κ3) is 2.52. The zero-order valence-corrected chi connectivity index (χ0v) is 4.22. The summed E-state index contributed by atoms with van der Waals surface area (Å²) in [6.45, 7) is -0.255. The Morgan fingerprint density at radius 1 is 2.00 bits per heavy atom. The van der Waals surface area contributed by atoms with Crippen LogP contribution in [-0.2, 0) is 0 Å². The first kappa shape index (κ1) is 6.84. The lowest BCUT2D eigenvalue weighted by atomic mass is 10.6. The summed E-state index contributed by atoms with van der Waals surface area (Å²) in [6.07, 6.45) is -0.681. The van der Waals surface area contributed by atoms with E-state index < -0.39 is 6.17 Å². The lowest BCUT2D eigenvalue weighted by molar-refractivity contribution is -0.854. The minimum atomic E-state index is -0.681. The highest BCUT2D eigenvalue weighted by molar-refractivity contribution is 4.35. The lowest BCUT2D eigenvalue weighted by Gasteiger charge is -2.21. The van der Waals surface area contributed by atoms with Gasteiger partial charge in [0.15, 0.2) is 6.17 Å². The van der Waals surface area contributed by atoms with Crippen molar-refractivity contribution in [3.63, 3.8) is 0 Å². The van der Waals surface area contributed by atoms with Crippen LogP contribution in [0.15, 0.2) is 0 Å². The van der Waals surface area contributed by atoms with Gasteiger partial charge < -0.3 is 15.4 Å². The first-order valence-corrected chi connectivity index (χ1v) is 2.05. The summed E-state index contributed by atoms with van der Waals surface area (Å²) in [6, 6.07) is 0. The van der Waals surface area contributed by atoms with E-state index in [1.54, 1.807) is 0 Å². The second-order valence-corrected chi connectivity index (χ2v) is 1.40. The lowest BCUT2D eigenvalue weighted by Crippen LogP contribution is -3.11. The molecule has 0 aromatic heterocycles. The van der Waals surface area contributed by atoms with Crippen molar-refractivity contribution in [1.29, 1.82) is 0 Å².